The SMILES string of the molecule is Nc1ccc(-c2n[nH]c(=O)[nH]2)c(O)c1. The predicted octanol–water partition coefficient (Wildman–Crippen LogP) is 0.0528. The second-order valence-corrected chi connectivity index (χ2v) is 2.80. The molecular weight excluding hydrogens is 184 g/mol. The van der Waals surface area contributed by atoms with Crippen molar-refractivity contribution in [2.24, 2.45) is 0 Å². The van der Waals surface area contributed by atoms with E-state index in [2.05, 4.69) is 15.2 Å². The molecule has 1 heterocycles. The molecule has 0 fully saturated rings. The first-order valence-electron chi connectivity index (χ1n) is 3.90. The number of hydrogen-bond donors (Lipinski definition) is 4. The molecule has 72 valence electrons. The van der Waals surface area contributed by atoms with Gasteiger partial charge in [-0.3, -0.25) is 4.98 Å². The van der Waals surface area contributed by atoms with Crippen molar-refractivity contribution in [1.29, 1.82) is 0 Å². The molecule has 1 aromatic carbocycles. The average molecular weight is 192 g/mol. The molecule has 0 aliphatic carbocycles. The molecule has 0 amide bonds. The van der Waals surface area contributed by atoms with Crippen LogP contribution in [-0.4, -0.2) is 20.3 Å². The van der Waals surface area contributed by atoms with Crippen LogP contribution in [0.15, 0.2) is 23.0 Å². The Bertz CT molecular complexity index is 514. The molecule has 0 aliphatic heterocycles. The molecule has 14 heavy (non-hydrogen) atoms. The first kappa shape index (κ1) is 8.36. The van der Waals surface area contributed by atoms with Gasteiger partial charge in [-0.05, 0) is 12.1 Å². The van der Waals surface area contributed by atoms with Crippen LogP contribution in [-0.2, 0) is 0 Å². The van der Waals surface area contributed by atoms with Gasteiger partial charge in [0, 0.05) is 11.8 Å². The van der Waals surface area contributed by atoms with Crippen LogP contribution in [0.2, 0.25) is 0 Å². The Morgan fingerprint density at radius 3 is 2.79 bits per heavy atom. The Balaban J connectivity index is 2.57. The highest BCUT2D eigenvalue weighted by Gasteiger charge is 2.07. The van der Waals surface area contributed by atoms with Crippen LogP contribution >= 0.6 is 0 Å². The summed E-state index contributed by atoms with van der Waals surface area (Å²) in [7, 11) is 0. The smallest absolute Gasteiger partial charge is 0.340 e. The first-order chi connectivity index (χ1) is 6.66. The number of aromatic nitrogens is 3. The third-order valence-electron chi connectivity index (χ3n) is 1.78. The van der Waals surface area contributed by atoms with Gasteiger partial charge in [0.15, 0.2) is 5.82 Å². The Labute approximate surface area is 78.4 Å². The summed E-state index contributed by atoms with van der Waals surface area (Å²) in [6, 6.07) is 4.58. The van der Waals surface area contributed by atoms with E-state index in [-0.39, 0.29) is 11.6 Å². The van der Waals surface area contributed by atoms with E-state index in [1.807, 2.05) is 0 Å². The maximum Gasteiger partial charge on any atom is 0.340 e. The Hall–Kier alpha value is -2.24. The second kappa shape index (κ2) is 2.91. The van der Waals surface area contributed by atoms with E-state index in [0.29, 0.717) is 11.3 Å². The molecule has 5 N–H and O–H groups in total. The van der Waals surface area contributed by atoms with E-state index >= 15 is 0 Å². The zero-order valence-corrected chi connectivity index (χ0v) is 7.11. The van der Waals surface area contributed by atoms with E-state index < -0.39 is 5.69 Å². The fourth-order valence-corrected chi connectivity index (χ4v) is 1.15. The van der Waals surface area contributed by atoms with Crippen LogP contribution in [0.4, 0.5) is 5.69 Å². The van der Waals surface area contributed by atoms with Crippen molar-refractivity contribution in [2.45, 2.75) is 0 Å². The molecule has 0 unspecified atom stereocenters. The Morgan fingerprint density at radius 2 is 2.21 bits per heavy atom. The topological polar surface area (TPSA) is 108 Å². The van der Waals surface area contributed by atoms with Crippen LogP contribution in [0.25, 0.3) is 11.4 Å². The highest BCUT2D eigenvalue weighted by molar-refractivity contribution is 5.66. The molecule has 1 aromatic heterocycles. The number of H-pyrrole nitrogens is 2. The number of nitrogen functional groups attached to an aromatic ring is 1. The highest BCUT2D eigenvalue weighted by Crippen LogP contribution is 2.27. The van der Waals surface area contributed by atoms with Crippen LogP contribution < -0.4 is 11.4 Å². The molecule has 0 atom stereocenters. The third kappa shape index (κ3) is 1.33. The van der Waals surface area contributed by atoms with Crippen molar-refractivity contribution < 1.29 is 5.11 Å². The number of aromatic hydroxyl groups is 1. The lowest BCUT2D eigenvalue weighted by Crippen LogP contribution is -2.00. The predicted molar refractivity (Wildman–Crippen MR) is 50.7 cm³/mol. The first-order valence-corrected chi connectivity index (χ1v) is 3.90. The minimum absolute atomic E-state index is 0.0206. The van der Waals surface area contributed by atoms with Gasteiger partial charge in [0.2, 0.25) is 0 Å². The molecule has 0 radical (unpaired) electrons. The van der Waals surface area contributed by atoms with Gasteiger partial charge in [-0.1, -0.05) is 0 Å². The summed E-state index contributed by atoms with van der Waals surface area (Å²) < 4.78 is 0. The van der Waals surface area contributed by atoms with E-state index in [0.717, 1.165) is 0 Å². The summed E-state index contributed by atoms with van der Waals surface area (Å²) in [5.74, 6) is 0.264. The van der Waals surface area contributed by atoms with Crippen LogP contribution in [0.3, 0.4) is 0 Å². The van der Waals surface area contributed by atoms with Gasteiger partial charge in [-0.15, -0.1) is 0 Å². The Kier molecular flexibility index (Phi) is 1.74. The maximum atomic E-state index is 10.8. The van der Waals surface area contributed by atoms with Crippen LogP contribution in [0.5, 0.6) is 5.75 Å². The number of phenols is 1. The number of nitrogens with zero attached hydrogens (tertiary/aromatic N) is 1. The van der Waals surface area contributed by atoms with Crippen LogP contribution in [0, 0.1) is 0 Å². The lowest BCUT2D eigenvalue weighted by molar-refractivity contribution is 0.477. The number of anilines is 1. The molecule has 6 nitrogen and oxygen atoms in total. The molecule has 2 aromatic rings. The summed E-state index contributed by atoms with van der Waals surface area (Å²) >= 11 is 0. The number of phenolic OH excluding ortho intramolecular Hbond substituents is 1. The molecule has 6 heteroatoms. The van der Waals surface area contributed by atoms with Gasteiger partial charge in [0.05, 0.1) is 5.56 Å². The molecule has 2 rings (SSSR count). The minimum Gasteiger partial charge on any atom is -0.507 e. The molecule has 0 spiro atoms. The Morgan fingerprint density at radius 1 is 1.43 bits per heavy atom. The third-order valence-corrected chi connectivity index (χ3v) is 1.78. The monoisotopic (exact) mass is 192 g/mol. The van der Waals surface area contributed by atoms with Gasteiger partial charge in [-0.25, -0.2) is 9.89 Å². The van der Waals surface area contributed by atoms with Crippen molar-refractivity contribution in [3.63, 3.8) is 0 Å². The fraction of sp³-hybridized carbons (Fsp3) is 0. The normalized spacial score (nSPS) is 10.3. The largest absolute Gasteiger partial charge is 0.507 e. The van der Waals surface area contributed by atoms with Crippen molar-refractivity contribution in [1.82, 2.24) is 15.2 Å². The number of benzene rings is 1. The highest BCUT2D eigenvalue weighted by atomic mass is 16.3. The van der Waals surface area contributed by atoms with Crippen molar-refractivity contribution in [2.75, 3.05) is 5.73 Å². The molecule has 0 saturated carbocycles. The standard InChI is InChI=1S/C8H8N4O2/c9-4-1-2-5(6(13)3-4)7-10-8(14)12-11-7/h1-3,13H,9H2,(H2,10,11,12,14). The van der Waals surface area contributed by atoms with E-state index in [1.54, 1.807) is 12.1 Å². The summed E-state index contributed by atoms with van der Waals surface area (Å²) in [6.07, 6.45) is 0. The minimum atomic E-state index is -0.420. The zero-order chi connectivity index (χ0) is 10.1. The summed E-state index contributed by atoms with van der Waals surface area (Å²) in [6.45, 7) is 0. The summed E-state index contributed by atoms with van der Waals surface area (Å²) in [5, 5.41) is 15.4. The molecule has 0 bridgehead atoms. The molecular formula is C8H8N4O2. The van der Waals surface area contributed by atoms with Crippen molar-refractivity contribution in [3.8, 4) is 17.1 Å². The number of nitrogens with two attached hydrogens (primary N) is 1. The van der Waals surface area contributed by atoms with Gasteiger partial charge < -0.3 is 10.8 Å². The van der Waals surface area contributed by atoms with Crippen molar-refractivity contribution in [3.05, 3.63) is 28.7 Å². The zero-order valence-electron chi connectivity index (χ0n) is 7.11. The fourth-order valence-electron chi connectivity index (χ4n) is 1.15. The van der Waals surface area contributed by atoms with Gasteiger partial charge in [0.1, 0.15) is 5.75 Å². The van der Waals surface area contributed by atoms with E-state index in [4.69, 9.17) is 5.73 Å². The van der Waals surface area contributed by atoms with Gasteiger partial charge >= 0.3 is 5.69 Å². The maximum absolute atomic E-state index is 10.8. The van der Waals surface area contributed by atoms with Gasteiger partial charge in [0.25, 0.3) is 0 Å². The summed E-state index contributed by atoms with van der Waals surface area (Å²) in [5.41, 5.74) is 5.91. The molecule has 0 aliphatic rings. The number of nitrogens with one attached hydrogen (secondary N) is 2. The van der Waals surface area contributed by atoms with Crippen LogP contribution in [0.1, 0.15) is 0 Å². The van der Waals surface area contributed by atoms with Crippen molar-refractivity contribution >= 4 is 5.69 Å². The van der Waals surface area contributed by atoms with E-state index in [1.165, 1.54) is 6.07 Å². The van der Waals surface area contributed by atoms with Gasteiger partial charge in [-0.2, -0.15) is 5.10 Å². The summed E-state index contributed by atoms with van der Waals surface area (Å²) in [4.78, 5) is 13.2. The van der Waals surface area contributed by atoms with E-state index in [9.17, 15) is 9.90 Å². The average Bonchev–Trinajstić information content (AvgIpc) is 2.51. The number of aromatic amines is 2. The number of rotatable bonds is 1. The molecule has 0 saturated heterocycles. The quantitative estimate of drug-likeness (QED) is 0.479. The lowest BCUT2D eigenvalue weighted by atomic mass is 10.2. The lowest BCUT2D eigenvalue weighted by Gasteiger charge is -2.00. The number of hydrogen-bond acceptors (Lipinski definition) is 4. The second-order valence-electron chi connectivity index (χ2n) is 2.80.